The molecule has 0 aliphatic carbocycles. The van der Waals surface area contributed by atoms with E-state index in [1.165, 1.54) is 42.9 Å². The Bertz CT molecular complexity index is 306. The highest BCUT2D eigenvalue weighted by Crippen LogP contribution is 2.22. The third-order valence-corrected chi connectivity index (χ3v) is 4.54. The minimum atomic E-state index is 0.761. The van der Waals surface area contributed by atoms with Crippen LogP contribution in [0.3, 0.4) is 0 Å². The van der Waals surface area contributed by atoms with Crippen molar-refractivity contribution in [2.45, 2.75) is 36.6 Å². The van der Waals surface area contributed by atoms with Crippen molar-refractivity contribution in [2.24, 2.45) is 0 Å². The maximum Gasteiger partial charge on any atom is 0.0176 e. The third-order valence-electron chi connectivity index (χ3n) is 2.96. The molecule has 3 heteroatoms. The van der Waals surface area contributed by atoms with Crippen molar-refractivity contribution in [2.75, 3.05) is 12.3 Å². The second-order valence-electron chi connectivity index (χ2n) is 4.24. The van der Waals surface area contributed by atoms with E-state index in [-0.39, 0.29) is 0 Å². The molecule has 1 saturated heterocycles. The molecule has 1 aliphatic rings. The number of rotatable bonds is 4. The van der Waals surface area contributed by atoms with Gasteiger partial charge in [-0.15, -0.1) is 11.8 Å². The molecule has 0 amide bonds. The van der Waals surface area contributed by atoms with E-state index in [1.807, 2.05) is 11.8 Å². The van der Waals surface area contributed by atoms with Gasteiger partial charge in [-0.3, -0.25) is 0 Å². The standard InChI is InChI=1S/C13H18BrNS/c14-11-4-6-13(7-5-11)16-10-8-12-3-1-2-9-15-12/h4-7,12,15H,1-3,8-10H2/t12-/m1/s1. The van der Waals surface area contributed by atoms with Crippen molar-refractivity contribution < 1.29 is 0 Å². The van der Waals surface area contributed by atoms with Gasteiger partial charge >= 0.3 is 0 Å². The Morgan fingerprint density at radius 1 is 1.25 bits per heavy atom. The first kappa shape index (κ1) is 12.5. The summed E-state index contributed by atoms with van der Waals surface area (Å²) in [5.74, 6) is 1.22. The topological polar surface area (TPSA) is 12.0 Å². The number of nitrogens with one attached hydrogen (secondary N) is 1. The first-order chi connectivity index (χ1) is 7.84. The van der Waals surface area contributed by atoms with Crippen LogP contribution in [0.2, 0.25) is 0 Å². The summed E-state index contributed by atoms with van der Waals surface area (Å²) in [6.45, 7) is 1.22. The van der Waals surface area contributed by atoms with Gasteiger partial charge in [0, 0.05) is 15.4 Å². The molecule has 1 fully saturated rings. The van der Waals surface area contributed by atoms with Gasteiger partial charge in [0.25, 0.3) is 0 Å². The summed E-state index contributed by atoms with van der Waals surface area (Å²) in [5, 5.41) is 3.59. The van der Waals surface area contributed by atoms with Gasteiger partial charge in [0.15, 0.2) is 0 Å². The van der Waals surface area contributed by atoms with Crippen LogP contribution in [0.4, 0.5) is 0 Å². The number of benzene rings is 1. The largest absolute Gasteiger partial charge is 0.314 e. The molecule has 1 heterocycles. The van der Waals surface area contributed by atoms with Crippen molar-refractivity contribution in [3.05, 3.63) is 28.7 Å². The minimum absolute atomic E-state index is 0.761. The summed E-state index contributed by atoms with van der Waals surface area (Å²) in [6, 6.07) is 9.35. The number of piperidine rings is 1. The van der Waals surface area contributed by atoms with Gasteiger partial charge in [-0.1, -0.05) is 22.4 Å². The van der Waals surface area contributed by atoms with Gasteiger partial charge in [-0.2, -0.15) is 0 Å². The maximum atomic E-state index is 3.59. The van der Waals surface area contributed by atoms with Crippen LogP contribution in [-0.4, -0.2) is 18.3 Å². The zero-order valence-corrected chi connectivity index (χ0v) is 11.8. The van der Waals surface area contributed by atoms with E-state index in [4.69, 9.17) is 0 Å². The molecule has 0 saturated carbocycles. The third kappa shape index (κ3) is 4.11. The van der Waals surface area contributed by atoms with Crippen LogP contribution in [0.1, 0.15) is 25.7 Å². The van der Waals surface area contributed by atoms with E-state index in [2.05, 4.69) is 45.5 Å². The molecule has 16 heavy (non-hydrogen) atoms. The summed E-state index contributed by atoms with van der Waals surface area (Å²) in [7, 11) is 0. The average Bonchev–Trinajstić information content (AvgIpc) is 2.33. The van der Waals surface area contributed by atoms with Crippen molar-refractivity contribution >= 4 is 27.7 Å². The molecule has 0 unspecified atom stereocenters. The molecule has 0 aromatic heterocycles. The molecular formula is C13H18BrNS. The van der Waals surface area contributed by atoms with Crippen molar-refractivity contribution in [3.8, 4) is 0 Å². The Hall–Kier alpha value is 0.01000. The van der Waals surface area contributed by atoms with E-state index in [0.717, 1.165) is 10.5 Å². The number of thioether (sulfide) groups is 1. The lowest BCUT2D eigenvalue weighted by Crippen LogP contribution is -2.34. The Labute approximate surface area is 111 Å². The normalized spacial score (nSPS) is 20.9. The summed E-state index contributed by atoms with van der Waals surface area (Å²) >= 11 is 5.42. The van der Waals surface area contributed by atoms with Gasteiger partial charge in [-0.25, -0.2) is 0 Å². The smallest absolute Gasteiger partial charge is 0.0176 e. The van der Waals surface area contributed by atoms with Gasteiger partial charge in [-0.05, 0) is 55.8 Å². The van der Waals surface area contributed by atoms with Crippen LogP contribution in [0.15, 0.2) is 33.6 Å². The minimum Gasteiger partial charge on any atom is -0.314 e. The van der Waals surface area contributed by atoms with Crippen LogP contribution < -0.4 is 5.32 Å². The fourth-order valence-corrected chi connectivity index (χ4v) is 3.25. The fourth-order valence-electron chi connectivity index (χ4n) is 2.02. The summed E-state index contributed by atoms with van der Waals surface area (Å²) in [6.07, 6.45) is 5.42. The Kier molecular flexibility index (Phi) is 5.20. The first-order valence-electron chi connectivity index (χ1n) is 5.96. The van der Waals surface area contributed by atoms with Crippen LogP contribution in [0.5, 0.6) is 0 Å². The summed E-state index contributed by atoms with van der Waals surface area (Å²) in [5.41, 5.74) is 0. The molecule has 1 atom stereocenters. The molecule has 2 rings (SSSR count). The highest BCUT2D eigenvalue weighted by atomic mass is 79.9. The quantitative estimate of drug-likeness (QED) is 0.841. The van der Waals surface area contributed by atoms with E-state index < -0.39 is 0 Å². The Balaban J connectivity index is 1.69. The first-order valence-corrected chi connectivity index (χ1v) is 7.74. The lowest BCUT2D eigenvalue weighted by molar-refractivity contribution is 0.395. The molecule has 0 spiro atoms. The van der Waals surface area contributed by atoms with Crippen molar-refractivity contribution in [3.63, 3.8) is 0 Å². The molecule has 1 aromatic carbocycles. The van der Waals surface area contributed by atoms with Crippen molar-refractivity contribution in [1.82, 2.24) is 5.32 Å². The maximum absolute atomic E-state index is 3.59. The molecule has 1 aliphatic heterocycles. The average molecular weight is 300 g/mol. The molecular weight excluding hydrogens is 282 g/mol. The predicted octanol–water partition coefficient (Wildman–Crippen LogP) is 4.07. The predicted molar refractivity (Wildman–Crippen MR) is 75.1 cm³/mol. The van der Waals surface area contributed by atoms with Crippen LogP contribution >= 0.6 is 27.7 Å². The van der Waals surface area contributed by atoms with Crippen LogP contribution in [-0.2, 0) is 0 Å². The van der Waals surface area contributed by atoms with E-state index in [1.54, 1.807) is 0 Å². The molecule has 1 aromatic rings. The monoisotopic (exact) mass is 299 g/mol. The second kappa shape index (κ2) is 6.67. The fraction of sp³-hybridized carbons (Fsp3) is 0.538. The molecule has 1 N–H and O–H groups in total. The van der Waals surface area contributed by atoms with Gasteiger partial charge in [0.1, 0.15) is 0 Å². The highest BCUT2D eigenvalue weighted by Gasteiger charge is 2.11. The number of halogens is 1. The SMILES string of the molecule is Brc1ccc(SCC[C@H]2CCCCN2)cc1. The second-order valence-corrected chi connectivity index (χ2v) is 6.32. The molecule has 1 nitrogen and oxygen atoms in total. The van der Waals surface area contributed by atoms with E-state index in [0.29, 0.717) is 0 Å². The zero-order chi connectivity index (χ0) is 11.2. The van der Waals surface area contributed by atoms with Crippen molar-refractivity contribution in [1.29, 1.82) is 0 Å². The van der Waals surface area contributed by atoms with Gasteiger partial charge in [0.2, 0.25) is 0 Å². The van der Waals surface area contributed by atoms with E-state index in [9.17, 15) is 0 Å². The van der Waals surface area contributed by atoms with E-state index >= 15 is 0 Å². The number of hydrogen-bond acceptors (Lipinski definition) is 2. The van der Waals surface area contributed by atoms with Gasteiger partial charge < -0.3 is 5.32 Å². The Morgan fingerprint density at radius 3 is 2.75 bits per heavy atom. The highest BCUT2D eigenvalue weighted by molar-refractivity contribution is 9.10. The Morgan fingerprint density at radius 2 is 2.06 bits per heavy atom. The van der Waals surface area contributed by atoms with Gasteiger partial charge in [0.05, 0.1) is 0 Å². The summed E-state index contributed by atoms with van der Waals surface area (Å²) in [4.78, 5) is 1.37. The zero-order valence-electron chi connectivity index (χ0n) is 9.42. The summed E-state index contributed by atoms with van der Waals surface area (Å²) < 4.78 is 1.16. The lowest BCUT2D eigenvalue weighted by atomic mass is 10.0. The molecule has 0 bridgehead atoms. The lowest BCUT2D eigenvalue weighted by Gasteiger charge is -2.23. The number of hydrogen-bond donors (Lipinski definition) is 1. The van der Waals surface area contributed by atoms with Crippen LogP contribution in [0.25, 0.3) is 0 Å². The van der Waals surface area contributed by atoms with Crippen LogP contribution in [0, 0.1) is 0 Å². The molecule has 88 valence electrons. The molecule has 0 radical (unpaired) electrons.